The van der Waals surface area contributed by atoms with Crippen molar-refractivity contribution >= 4 is 40.9 Å². The van der Waals surface area contributed by atoms with Crippen LogP contribution < -0.4 is 16.1 Å². The second-order valence-corrected chi connectivity index (χ2v) is 9.72. The van der Waals surface area contributed by atoms with Crippen molar-refractivity contribution < 1.29 is 14.1 Å². The van der Waals surface area contributed by atoms with Gasteiger partial charge in [0.15, 0.2) is 5.70 Å². The summed E-state index contributed by atoms with van der Waals surface area (Å²) in [5.41, 5.74) is 10.6. The summed E-state index contributed by atoms with van der Waals surface area (Å²) in [5.74, 6) is -0.144. The van der Waals surface area contributed by atoms with Crippen LogP contribution >= 0.6 is 0 Å². The smallest absolute Gasteiger partial charge is 0.399 e. The molecule has 3 aromatic rings. The molecule has 0 bridgehead atoms. The standard InChI is InChI=1S/C26H30BN5O3/c1-16-9-7-8-10-20(16)29-17(2)23(32-28)24(33)31-22-14-11-18-15-19(12-13-21(18)30-22)27-34-25(3,4)26(5,6)35-27/h7-15,28-29H,1-6H3,(H,30,31,33)/b23-17-,32-28?. The third-order valence-electron chi connectivity index (χ3n) is 6.63. The van der Waals surface area contributed by atoms with E-state index in [0.717, 1.165) is 22.1 Å². The van der Waals surface area contributed by atoms with Gasteiger partial charge in [0.1, 0.15) is 5.82 Å². The summed E-state index contributed by atoms with van der Waals surface area (Å²) in [4.78, 5) is 17.4. The number of pyridine rings is 1. The first-order valence-corrected chi connectivity index (χ1v) is 11.5. The molecule has 1 fully saturated rings. The van der Waals surface area contributed by atoms with E-state index < -0.39 is 24.2 Å². The van der Waals surface area contributed by atoms with Gasteiger partial charge < -0.3 is 19.9 Å². The first-order chi connectivity index (χ1) is 16.5. The zero-order valence-corrected chi connectivity index (χ0v) is 20.9. The first-order valence-electron chi connectivity index (χ1n) is 11.5. The van der Waals surface area contributed by atoms with E-state index in [9.17, 15) is 4.79 Å². The lowest BCUT2D eigenvalue weighted by Crippen LogP contribution is -2.41. The van der Waals surface area contributed by atoms with E-state index >= 15 is 0 Å². The number of hydrogen-bond donors (Lipinski definition) is 3. The van der Waals surface area contributed by atoms with Crippen LogP contribution in [0.4, 0.5) is 11.5 Å². The highest BCUT2D eigenvalue weighted by Gasteiger charge is 2.51. The van der Waals surface area contributed by atoms with Gasteiger partial charge in [-0.05, 0) is 82.2 Å². The number of nitrogens with zero attached hydrogens (tertiary/aromatic N) is 2. The zero-order chi connectivity index (χ0) is 25.4. The molecule has 2 heterocycles. The minimum Gasteiger partial charge on any atom is -0.399 e. The summed E-state index contributed by atoms with van der Waals surface area (Å²) in [6.07, 6.45) is 0. The van der Waals surface area contributed by atoms with Crippen LogP contribution in [0.25, 0.3) is 10.9 Å². The van der Waals surface area contributed by atoms with E-state index in [1.807, 2.05) is 83.1 Å². The first kappa shape index (κ1) is 24.6. The highest BCUT2D eigenvalue weighted by molar-refractivity contribution is 6.62. The minimum atomic E-state index is -0.515. The molecule has 9 heteroatoms. The topological polar surface area (TPSA) is 109 Å². The molecule has 4 rings (SSSR count). The molecule has 3 N–H and O–H groups in total. The summed E-state index contributed by atoms with van der Waals surface area (Å²) in [6, 6.07) is 17.1. The summed E-state index contributed by atoms with van der Waals surface area (Å²) < 4.78 is 12.3. The van der Waals surface area contributed by atoms with Gasteiger partial charge in [-0.1, -0.05) is 30.3 Å². The van der Waals surface area contributed by atoms with Crippen LogP contribution in [0.3, 0.4) is 0 Å². The molecular formula is C26H30BN5O3. The number of aromatic nitrogens is 1. The molecule has 35 heavy (non-hydrogen) atoms. The second kappa shape index (κ2) is 9.24. The van der Waals surface area contributed by atoms with Gasteiger partial charge >= 0.3 is 7.12 Å². The average molecular weight is 471 g/mol. The Kier molecular flexibility index (Phi) is 6.49. The summed E-state index contributed by atoms with van der Waals surface area (Å²) in [7, 11) is -0.459. The van der Waals surface area contributed by atoms with Crippen molar-refractivity contribution in [1.29, 1.82) is 5.53 Å². The SMILES string of the molecule is C/C(Nc1ccccc1C)=C(/N=N)C(=O)Nc1ccc2cc(B3OC(C)(C)C(C)(C)O3)ccc2n1. The highest BCUT2D eigenvalue weighted by atomic mass is 16.7. The number of carbonyl (C=O) groups is 1. The number of amides is 1. The van der Waals surface area contributed by atoms with Crippen LogP contribution in [0.2, 0.25) is 0 Å². The van der Waals surface area contributed by atoms with E-state index in [4.69, 9.17) is 14.8 Å². The maximum atomic E-state index is 12.9. The molecule has 1 aliphatic heterocycles. The second-order valence-electron chi connectivity index (χ2n) is 9.72. The predicted molar refractivity (Wildman–Crippen MR) is 139 cm³/mol. The Morgan fingerprint density at radius 1 is 1.00 bits per heavy atom. The molecule has 1 aliphatic rings. The van der Waals surface area contributed by atoms with E-state index in [1.54, 1.807) is 13.0 Å². The number of benzene rings is 2. The van der Waals surface area contributed by atoms with Crippen molar-refractivity contribution in [1.82, 2.24) is 4.98 Å². The summed E-state index contributed by atoms with van der Waals surface area (Å²) >= 11 is 0. The van der Waals surface area contributed by atoms with Gasteiger partial charge in [-0.25, -0.2) is 10.5 Å². The van der Waals surface area contributed by atoms with Gasteiger partial charge in [0.2, 0.25) is 0 Å². The number of hydrogen-bond acceptors (Lipinski definition) is 7. The Morgan fingerprint density at radius 3 is 2.34 bits per heavy atom. The number of allylic oxidation sites excluding steroid dienone is 1. The fourth-order valence-corrected chi connectivity index (χ4v) is 3.79. The molecule has 0 atom stereocenters. The van der Waals surface area contributed by atoms with Crippen LogP contribution in [-0.2, 0) is 14.1 Å². The number of fused-ring (bicyclic) bond motifs is 1. The molecule has 2 aromatic carbocycles. The van der Waals surface area contributed by atoms with Gasteiger partial charge in [-0.2, -0.15) is 5.11 Å². The summed E-state index contributed by atoms with van der Waals surface area (Å²) in [5, 5.41) is 10.3. The Bertz CT molecular complexity index is 1320. The molecule has 0 aliphatic carbocycles. The van der Waals surface area contributed by atoms with E-state index in [-0.39, 0.29) is 5.70 Å². The van der Waals surface area contributed by atoms with Crippen molar-refractivity contribution in [2.45, 2.75) is 52.7 Å². The van der Waals surface area contributed by atoms with Gasteiger partial charge in [-0.3, -0.25) is 4.79 Å². The molecule has 0 unspecified atom stereocenters. The number of nitrogens with one attached hydrogen (secondary N) is 3. The minimum absolute atomic E-state index is 0.0220. The molecule has 0 spiro atoms. The van der Waals surface area contributed by atoms with Crippen LogP contribution in [0, 0.1) is 12.5 Å². The Hall–Kier alpha value is -3.56. The third kappa shape index (κ3) is 4.96. The van der Waals surface area contributed by atoms with Gasteiger partial charge in [0.05, 0.1) is 16.7 Å². The molecule has 1 saturated heterocycles. The molecule has 180 valence electrons. The van der Waals surface area contributed by atoms with Crippen molar-refractivity contribution in [2.24, 2.45) is 5.11 Å². The van der Waals surface area contributed by atoms with Crippen LogP contribution in [-0.4, -0.2) is 29.2 Å². The largest absolute Gasteiger partial charge is 0.494 e. The Morgan fingerprint density at radius 2 is 1.69 bits per heavy atom. The fourth-order valence-electron chi connectivity index (χ4n) is 3.79. The third-order valence-corrected chi connectivity index (χ3v) is 6.63. The lowest BCUT2D eigenvalue weighted by molar-refractivity contribution is -0.113. The molecule has 8 nitrogen and oxygen atoms in total. The van der Waals surface area contributed by atoms with Crippen LogP contribution in [0.1, 0.15) is 40.2 Å². The van der Waals surface area contributed by atoms with Gasteiger partial charge in [0.25, 0.3) is 5.91 Å². The fraction of sp³-hybridized carbons (Fsp3) is 0.308. The number of carbonyl (C=O) groups excluding carboxylic acids is 1. The lowest BCUT2D eigenvalue weighted by atomic mass is 9.78. The Labute approximate surface area is 205 Å². The number of anilines is 2. The average Bonchev–Trinajstić information content (AvgIpc) is 3.02. The van der Waals surface area contributed by atoms with Crippen molar-refractivity contribution in [3.05, 3.63) is 71.6 Å². The number of rotatable bonds is 6. The maximum Gasteiger partial charge on any atom is 0.494 e. The molecule has 1 aromatic heterocycles. The predicted octanol–water partition coefficient (Wildman–Crippen LogP) is 5.16. The van der Waals surface area contributed by atoms with E-state index in [2.05, 4.69) is 20.7 Å². The van der Waals surface area contributed by atoms with Crippen LogP contribution in [0.5, 0.6) is 0 Å². The number of para-hydroxylation sites is 1. The Balaban J connectivity index is 1.52. The molecular weight excluding hydrogens is 441 g/mol. The molecule has 0 radical (unpaired) electrons. The number of aryl methyl sites for hydroxylation is 1. The zero-order valence-electron chi connectivity index (χ0n) is 20.9. The highest BCUT2D eigenvalue weighted by Crippen LogP contribution is 2.36. The quantitative estimate of drug-likeness (QED) is 0.262. The summed E-state index contributed by atoms with van der Waals surface area (Å²) in [6.45, 7) is 11.8. The molecule has 1 amide bonds. The van der Waals surface area contributed by atoms with Crippen molar-refractivity contribution in [3.63, 3.8) is 0 Å². The van der Waals surface area contributed by atoms with Crippen LogP contribution in [0.15, 0.2) is 71.1 Å². The lowest BCUT2D eigenvalue weighted by Gasteiger charge is -2.32. The maximum absolute atomic E-state index is 12.9. The molecule has 0 saturated carbocycles. The normalized spacial score (nSPS) is 17.1. The monoisotopic (exact) mass is 471 g/mol. The van der Waals surface area contributed by atoms with E-state index in [0.29, 0.717) is 17.0 Å². The van der Waals surface area contributed by atoms with Gasteiger partial charge in [-0.15, -0.1) is 0 Å². The van der Waals surface area contributed by atoms with E-state index in [1.165, 1.54) is 0 Å². The van der Waals surface area contributed by atoms with Crippen molar-refractivity contribution in [2.75, 3.05) is 10.6 Å². The van der Waals surface area contributed by atoms with Gasteiger partial charge in [0, 0.05) is 11.4 Å². The van der Waals surface area contributed by atoms with Crippen molar-refractivity contribution in [3.8, 4) is 0 Å².